The van der Waals surface area contributed by atoms with Crippen LogP contribution in [0.15, 0.2) is 30.4 Å². The fourth-order valence-corrected chi connectivity index (χ4v) is 5.60. The Morgan fingerprint density at radius 3 is 2.00 bits per heavy atom. The molecule has 60 heavy (non-hydrogen) atoms. The maximum absolute atomic E-state index is 13.4. The number of carbonyl (C=O) groups is 9. The standard InChI is InChI=1S/C39H58N8O13/c1-23(36(55)43-25(3)38(57)46-29-21-26(10-12-30(29)48)20-27(40)11-15-35(53)54)42-37(56)24(2)44-39(58)28(8-5-6-16-41-32(50)22-60-19-18-59-4)45-31(49)9-7-17-47-33(51)13-14-34(47)52/h10,12-14,21,23-25,27-28,48H,5-9,11,15-20,22,40H2,1-4H3,(H,41,50)(H,42,56)(H,43,55)(H,44,58)(H,45,49)(H,46,57)(H,53,54)/t23-,24-,25-,27+,28-/m0/s1. The molecule has 1 aromatic carbocycles. The molecule has 0 aromatic heterocycles. The molecule has 0 bridgehead atoms. The Balaban J connectivity index is 1.93. The van der Waals surface area contributed by atoms with E-state index in [2.05, 4.69) is 31.9 Å². The number of hydrogen-bond donors (Lipinski definition) is 9. The summed E-state index contributed by atoms with van der Waals surface area (Å²) in [4.78, 5) is 113. The number of rotatable bonds is 28. The van der Waals surface area contributed by atoms with E-state index in [9.17, 15) is 48.3 Å². The van der Waals surface area contributed by atoms with Gasteiger partial charge in [0.15, 0.2) is 0 Å². The summed E-state index contributed by atoms with van der Waals surface area (Å²) >= 11 is 0. The topological polar surface area (TPSA) is 314 Å². The molecule has 21 heteroatoms. The highest BCUT2D eigenvalue weighted by molar-refractivity contribution is 6.12. The number of unbranched alkanes of at least 4 members (excludes halogenated alkanes) is 1. The number of hydrogen-bond acceptors (Lipinski definition) is 13. The molecule has 0 saturated heterocycles. The number of phenolic OH excluding ortho intramolecular Hbond substituents is 1. The molecule has 0 fully saturated rings. The summed E-state index contributed by atoms with van der Waals surface area (Å²) in [5.74, 6) is -5.96. The second-order valence-electron chi connectivity index (χ2n) is 14.2. The van der Waals surface area contributed by atoms with E-state index in [0.29, 0.717) is 25.0 Å². The average Bonchev–Trinajstić information content (AvgIpc) is 3.51. The third-order valence-electron chi connectivity index (χ3n) is 9.05. The van der Waals surface area contributed by atoms with Crippen molar-refractivity contribution in [3.63, 3.8) is 0 Å². The summed E-state index contributed by atoms with van der Waals surface area (Å²) < 4.78 is 10.0. The van der Waals surface area contributed by atoms with Gasteiger partial charge in [-0.15, -0.1) is 0 Å². The number of amides is 8. The summed E-state index contributed by atoms with van der Waals surface area (Å²) in [5, 5.41) is 34.5. The molecular weight excluding hydrogens is 788 g/mol. The highest BCUT2D eigenvalue weighted by Crippen LogP contribution is 2.25. The lowest BCUT2D eigenvalue weighted by atomic mass is 10.0. The number of methoxy groups -OCH3 is 1. The molecule has 10 N–H and O–H groups in total. The van der Waals surface area contributed by atoms with Crippen LogP contribution < -0.4 is 37.6 Å². The van der Waals surface area contributed by atoms with Crippen LogP contribution >= 0.6 is 0 Å². The number of benzene rings is 1. The van der Waals surface area contributed by atoms with Crippen molar-refractivity contribution in [1.82, 2.24) is 31.5 Å². The predicted molar refractivity (Wildman–Crippen MR) is 215 cm³/mol. The molecule has 2 rings (SSSR count). The lowest BCUT2D eigenvalue weighted by Crippen LogP contribution is -2.56. The molecule has 1 aromatic rings. The van der Waals surface area contributed by atoms with E-state index in [0.717, 1.165) is 17.1 Å². The molecule has 1 aliphatic rings. The number of aromatic hydroxyl groups is 1. The SMILES string of the molecule is COCCOCC(=O)NCCCC[C@H](NC(=O)CCCN1C(=O)C=CC1=O)C(=O)N[C@@H](C)C(=O)N[C@@H](C)C(=O)N[C@@H](C)C(=O)Nc1cc(C[C@H](N)CCC(=O)O)ccc1O. The van der Waals surface area contributed by atoms with Crippen molar-refractivity contribution >= 4 is 58.9 Å². The maximum Gasteiger partial charge on any atom is 0.303 e. The number of nitrogens with one attached hydrogen (secondary N) is 6. The molecule has 1 aliphatic heterocycles. The van der Waals surface area contributed by atoms with Gasteiger partial charge < -0.3 is 57.3 Å². The van der Waals surface area contributed by atoms with Gasteiger partial charge in [-0.25, -0.2) is 0 Å². The third-order valence-corrected chi connectivity index (χ3v) is 9.05. The Labute approximate surface area is 347 Å². The second kappa shape index (κ2) is 26.2. The second-order valence-corrected chi connectivity index (χ2v) is 14.2. The van der Waals surface area contributed by atoms with E-state index in [1.54, 1.807) is 6.07 Å². The van der Waals surface area contributed by atoms with Gasteiger partial charge in [0.25, 0.3) is 11.8 Å². The minimum atomic E-state index is -1.18. The van der Waals surface area contributed by atoms with Crippen LogP contribution in [0.25, 0.3) is 0 Å². The number of phenols is 1. The number of aliphatic carboxylic acids is 1. The van der Waals surface area contributed by atoms with Crippen molar-refractivity contribution in [3.05, 3.63) is 35.9 Å². The molecule has 0 unspecified atom stereocenters. The van der Waals surface area contributed by atoms with Crippen LogP contribution in [0.3, 0.4) is 0 Å². The van der Waals surface area contributed by atoms with Crippen molar-refractivity contribution in [1.29, 1.82) is 0 Å². The van der Waals surface area contributed by atoms with Crippen molar-refractivity contribution in [2.24, 2.45) is 5.73 Å². The van der Waals surface area contributed by atoms with Gasteiger partial charge in [0.05, 0.1) is 18.9 Å². The molecular formula is C39H58N8O13. The first kappa shape index (κ1) is 50.2. The molecule has 332 valence electrons. The molecule has 0 spiro atoms. The lowest BCUT2D eigenvalue weighted by Gasteiger charge is -2.23. The predicted octanol–water partition coefficient (Wildman–Crippen LogP) is -1.28. The van der Waals surface area contributed by atoms with Crippen LogP contribution in [-0.2, 0) is 59.0 Å². The summed E-state index contributed by atoms with van der Waals surface area (Å²) in [7, 11) is 1.51. The normalized spacial score (nSPS) is 14.7. The highest BCUT2D eigenvalue weighted by atomic mass is 16.5. The van der Waals surface area contributed by atoms with Gasteiger partial charge in [-0.1, -0.05) is 6.07 Å². The number of imide groups is 1. The van der Waals surface area contributed by atoms with Crippen LogP contribution in [0, 0.1) is 0 Å². The van der Waals surface area contributed by atoms with Crippen molar-refractivity contribution < 1.29 is 62.8 Å². The van der Waals surface area contributed by atoms with Crippen LogP contribution in [0.1, 0.15) is 71.3 Å². The zero-order valence-electron chi connectivity index (χ0n) is 34.4. The van der Waals surface area contributed by atoms with Crippen LogP contribution in [0.2, 0.25) is 0 Å². The highest BCUT2D eigenvalue weighted by Gasteiger charge is 2.28. The van der Waals surface area contributed by atoms with E-state index in [-0.39, 0.29) is 82.2 Å². The van der Waals surface area contributed by atoms with Crippen LogP contribution in [0.5, 0.6) is 5.75 Å². The fourth-order valence-electron chi connectivity index (χ4n) is 5.60. The van der Waals surface area contributed by atoms with Gasteiger partial charge in [-0.2, -0.15) is 0 Å². The largest absolute Gasteiger partial charge is 0.506 e. The van der Waals surface area contributed by atoms with Gasteiger partial charge in [0, 0.05) is 51.2 Å². The molecule has 0 saturated carbocycles. The first-order chi connectivity index (χ1) is 28.4. The Morgan fingerprint density at radius 2 is 1.38 bits per heavy atom. The minimum Gasteiger partial charge on any atom is -0.506 e. The summed E-state index contributed by atoms with van der Waals surface area (Å²) in [6.07, 6.45) is 3.63. The van der Waals surface area contributed by atoms with Gasteiger partial charge in [-0.05, 0) is 77.0 Å². The van der Waals surface area contributed by atoms with Crippen molar-refractivity contribution in [2.45, 2.75) is 102 Å². The number of ether oxygens (including phenoxy) is 2. The van der Waals surface area contributed by atoms with Gasteiger partial charge in [0.2, 0.25) is 35.4 Å². The number of nitrogens with zero attached hydrogens (tertiary/aromatic N) is 1. The first-order valence-electron chi connectivity index (χ1n) is 19.6. The number of carbonyl (C=O) groups excluding carboxylic acids is 8. The van der Waals surface area contributed by atoms with E-state index in [1.807, 2.05) is 0 Å². The quantitative estimate of drug-likeness (QED) is 0.0270. The van der Waals surface area contributed by atoms with E-state index >= 15 is 0 Å². The fraction of sp³-hybridized carbons (Fsp3) is 0.564. The van der Waals surface area contributed by atoms with E-state index < -0.39 is 77.5 Å². The Morgan fingerprint density at radius 1 is 0.767 bits per heavy atom. The van der Waals surface area contributed by atoms with Gasteiger partial charge in [-0.3, -0.25) is 48.1 Å². The molecule has 1 heterocycles. The average molecular weight is 847 g/mol. The van der Waals surface area contributed by atoms with Crippen LogP contribution in [0.4, 0.5) is 5.69 Å². The molecule has 0 aliphatic carbocycles. The van der Waals surface area contributed by atoms with Crippen molar-refractivity contribution in [2.75, 3.05) is 45.3 Å². The summed E-state index contributed by atoms with van der Waals surface area (Å²) in [6.45, 7) is 4.83. The number of nitrogens with two attached hydrogens (primary N) is 1. The summed E-state index contributed by atoms with van der Waals surface area (Å²) in [5.41, 5.74) is 6.69. The number of carboxylic acid groups (broad SMARTS) is 1. The monoisotopic (exact) mass is 846 g/mol. The first-order valence-corrected chi connectivity index (χ1v) is 19.6. The zero-order chi connectivity index (χ0) is 44.8. The smallest absolute Gasteiger partial charge is 0.303 e. The molecule has 8 amide bonds. The lowest BCUT2D eigenvalue weighted by molar-refractivity contribution is -0.138. The van der Waals surface area contributed by atoms with Gasteiger partial charge >= 0.3 is 5.97 Å². The maximum atomic E-state index is 13.4. The molecule has 21 nitrogen and oxygen atoms in total. The van der Waals surface area contributed by atoms with Crippen molar-refractivity contribution in [3.8, 4) is 5.75 Å². The Bertz CT molecular complexity index is 1700. The Hall–Kier alpha value is -5.93. The van der Waals surface area contributed by atoms with E-state index in [1.165, 1.54) is 40.0 Å². The zero-order valence-corrected chi connectivity index (χ0v) is 34.4. The molecule has 0 radical (unpaired) electrons. The minimum absolute atomic E-state index is 0.00209. The van der Waals surface area contributed by atoms with E-state index in [4.69, 9.17) is 20.3 Å². The Kier molecular flexibility index (Phi) is 21.9. The third kappa shape index (κ3) is 18.8. The van der Waals surface area contributed by atoms with Crippen LogP contribution in [-0.4, -0.2) is 139 Å². The number of carboxylic acids is 1. The number of anilines is 1. The van der Waals surface area contributed by atoms with Gasteiger partial charge in [0.1, 0.15) is 36.5 Å². The summed E-state index contributed by atoms with van der Waals surface area (Å²) in [6, 6.07) is -0.642. The molecule has 5 atom stereocenters.